The van der Waals surface area contributed by atoms with Gasteiger partial charge in [0, 0.05) is 52.7 Å². The first-order valence-corrected chi connectivity index (χ1v) is 11.5. The molecule has 0 bridgehead atoms. The van der Waals surface area contributed by atoms with E-state index in [1.807, 2.05) is 31.3 Å². The molecule has 6 nitrogen and oxygen atoms in total. The first-order chi connectivity index (χ1) is 16.2. The summed E-state index contributed by atoms with van der Waals surface area (Å²) in [7, 11) is 0. The minimum Gasteiger partial charge on any atom is -0.372 e. The van der Waals surface area contributed by atoms with Gasteiger partial charge in [-0.2, -0.15) is 10.4 Å². The Balaban J connectivity index is 1.57. The Bertz CT molecular complexity index is 1510. The Labute approximate surface area is 191 Å². The van der Waals surface area contributed by atoms with Gasteiger partial charge in [-0.05, 0) is 49.9 Å². The van der Waals surface area contributed by atoms with Gasteiger partial charge in [-0.25, -0.2) is 4.98 Å². The SMILES string of the molecule is Cc1[nH]nc2nc(-c3c[nH]c4ccccc34)c(C#N)c(-c3ccc(N4CCCCC4)cc3)c12. The number of para-hydroxylation sites is 1. The smallest absolute Gasteiger partial charge is 0.182 e. The molecule has 0 spiro atoms. The van der Waals surface area contributed by atoms with E-state index in [1.54, 1.807) is 0 Å². The summed E-state index contributed by atoms with van der Waals surface area (Å²) in [6.45, 7) is 4.19. The van der Waals surface area contributed by atoms with Gasteiger partial charge >= 0.3 is 0 Å². The third-order valence-corrected chi connectivity index (χ3v) is 6.72. The number of aromatic amines is 2. The molecule has 2 aromatic carbocycles. The van der Waals surface area contributed by atoms with Crippen molar-refractivity contribution in [3.8, 4) is 28.5 Å². The van der Waals surface area contributed by atoms with Gasteiger partial charge in [0.15, 0.2) is 5.65 Å². The predicted molar refractivity (Wildman–Crippen MR) is 132 cm³/mol. The van der Waals surface area contributed by atoms with E-state index in [9.17, 15) is 5.26 Å². The first kappa shape index (κ1) is 19.6. The van der Waals surface area contributed by atoms with E-state index in [0.717, 1.165) is 51.8 Å². The number of rotatable bonds is 3. The summed E-state index contributed by atoms with van der Waals surface area (Å²) >= 11 is 0. The molecule has 2 N–H and O–H groups in total. The summed E-state index contributed by atoms with van der Waals surface area (Å²) in [5.41, 5.74) is 7.83. The van der Waals surface area contributed by atoms with Crippen molar-refractivity contribution in [1.29, 1.82) is 5.26 Å². The van der Waals surface area contributed by atoms with Crippen molar-refractivity contribution in [2.24, 2.45) is 0 Å². The predicted octanol–water partition coefficient (Wildman–Crippen LogP) is 5.94. The maximum absolute atomic E-state index is 10.3. The molecule has 1 saturated heterocycles. The van der Waals surface area contributed by atoms with E-state index in [4.69, 9.17) is 4.98 Å². The number of piperidine rings is 1. The molecule has 5 aromatic rings. The molecular formula is C27H24N6. The fourth-order valence-electron chi connectivity index (χ4n) is 5.05. The molecule has 1 aliphatic rings. The zero-order valence-electron chi connectivity index (χ0n) is 18.5. The lowest BCUT2D eigenvalue weighted by Gasteiger charge is -2.29. The van der Waals surface area contributed by atoms with Crippen LogP contribution in [0, 0.1) is 18.3 Å². The summed E-state index contributed by atoms with van der Waals surface area (Å²) in [6, 6.07) is 19.2. The van der Waals surface area contributed by atoms with E-state index in [2.05, 4.69) is 56.5 Å². The monoisotopic (exact) mass is 432 g/mol. The minimum absolute atomic E-state index is 0.572. The third-order valence-electron chi connectivity index (χ3n) is 6.72. The molecule has 0 atom stereocenters. The average Bonchev–Trinajstić information content (AvgIpc) is 3.47. The summed E-state index contributed by atoms with van der Waals surface area (Å²) in [5, 5.41) is 19.8. The van der Waals surface area contributed by atoms with Crippen LogP contribution in [0.15, 0.2) is 54.7 Å². The van der Waals surface area contributed by atoms with E-state index in [0.29, 0.717) is 16.9 Å². The number of benzene rings is 2. The van der Waals surface area contributed by atoms with Gasteiger partial charge in [-0.1, -0.05) is 30.3 Å². The Kier molecular flexibility index (Phi) is 4.62. The number of fused-ring (bicyclic) bond motifs is 2. The molecule has 0 amide bonds. The first-order valence-electron chi connectivity index (χ1n) is 11.5. The minimum atomic E-state index is 0.572. The third kappa shape index (κ3) is 3.16. The van der Waals surface area contributed by atoms with Crippen LogP contribution in [0.5, 0.6) is 0 Å². The van der Waals surface area contributed by atoms with Crippen LogP contribution in [0.3, 0.4) is 0 Å². The van der Waals surface area contributed by atoms with Gasteiger partial charge in [0.25, 0.3) is 0 Å². The molecule has 6 rings (SSSR count). The number of pyridine rings is 1. The van der Waals surface area contributed by atoms with Crippen molar-refractivity contribution in [3.63, 3.8) is 0 Å². The highest BCUT2D eigenvalue weighted by atomic mass is 15.1. The Morgan fingerprint density at radius 2 is 1.79 bits per heavy atom. The van der Waals surface area contributed by atoms with Gasteiger partial charge in [0.2, 0.25) is 0 Å². The lowest BCUT2D eigenvalue weighted by atomic mass is 9.93. The van der Waals surface area contributed by atoms with Crippen LogP contribution in [0.25, 0.3) is 44.3 Å². The van der Waals surface area contributed by atoms with Crippen LogP contribution < -0.4 is 4.90 Å². The normalized spacial score (nSPS) is 14.1. The number of anilines is 1. The highest BCUT2D eigenvalue weighted by molar-refractivity contribution is 6.04. The number of nitriles is 1. The van der Waals surface area contributed by atoms with Crippen LogP contribution in [-0.4, -0.2) is 33.3 Å². The number of hydrogen-bond acceptors (Lipinski definition) is 4. The van der Waals surface area contributed by atoms with Crippen LogP contribution >= 0.6 is 0 Å². The number of hydrogen-bond donors (Lipinski definition) is 2. The van der Waals surface area contributed by atoms with Gasteiger partial charge < -0.3 is 9.88 Å². The van der Waals surface area contributed by atoms with Crippen molar-refractivity contribution in [2.75, 3.05) is 18.0 Å². The molecule has 0 unspecified atom stereocenters. The molecule has 33 heavy (non-hydrogen) atoms. The summed E-state index contributed by atoms with van der Waals surface area (Å²) < 4.78 is 0. The Morgan fingerprint density at radius 3 is 2.58 bits per heavy atom. The van der Waals surface area contributed by atoms with E-state index >= 15 is 0 Å². The van der Waals surface area contributed by atoms with Crippen LogP contribution in [0.2, 0.25) is 0 Å². The fourth-order valence-corrected chi connectivity index (χ4v) is 5.05. The largest absolute Gasteiger partial charge is 0.372 e. The zero-order valence-corrected chi connectivity index (χ0v) is 18.5. The highest BCUT2D eigenvalue weighted by Gasteiger charge is 2.23. The Morgan fingerprint density at radius 1 is 1.00 bits per heavy atom. The van der Waals surface area contributed by atoms with Gasteiger partial charge in [-0.15, -0.1) is 0 Å². The van der Waals surface area contributed by atoms with Crippen LogP contribution in [0.4, 0.5) is 5.69 Å². The van der Waals surface area contributed by atoms with Crippen LogP contribution in [0.1, 0.15) is 30.5 Å². The zero-order chi connectivity index (χ0) is 22.4. The summed E-state index contributed by atoms with van der Waals surface area (Å²) in [4.78, 5) is 10.6. The van der Waals surface area contributed by atoms with E-state index in [1.165, 1.54) is 24.9 Å². The van der Waals surface area contributed by atoms with E-state index in [-0.39, 0.29) is 0 Å². The number of aryl methyl sites for hydroxylation is 1. The van der Waals surface area contributed by atoms with Crippen molar-refractivity contribution in [3.05, 3.63) is 66.0 Å². The second kappa shape index (κ2) is 7.79. The van der Waals surface area contributed by atoms with Crippen molar-refractivity contribution < 1.29 is 0 Å². The average molecular weight is 433 g/mol. The molecule has 0 aliphatic carbocycles. The van der Waals surface area contributed by atoms with Crippen LogP contribution in [-0.2, 0) is 0 Å². The molecular weight excluding hydrogens is 408 g/mol. The second-order valence-electron chi connectivity index (χ2n) is 8.71. The number of H-pyrrole nitrogens is 2. The van der Waals surface area contributed by atoms with Gasteiger partial charge in [0.1, 0.15) is 6.07 Å². The summed E-state index contributed by atoms with van der Waals surface area (Å²) in [6.07, 6.45) is 5.73. The number of aromatic nitrogens is 4. The van der Waals surface area contributed by atoms with Crippen molar-refractivity contribution in [1.82, 2.24) is 20.2 Å². The molecule has 6 heteroatoms. The second-order valence-corrected chi connectivity index (χ2v) is 8.71. The molecule has 3 aromatic heterocycles. The Hall–Kier alpha value is -4.11. The van der Waals surface area contributed by atoms with E-state index < -0.39 is 0 Å². The molecule has 162 valence electrons. The van der Waals surface area contributed by atoms with Gasteiger partial charge in [-0.3, -0.25) is 5.10 Å². The number of nitrogens with one attached hydrogen (secondary N) is 2. The van der Waals surface area contributed by atoms with Crippen molar-refractivity contribution in [2.45, 2.75) is 26.2 Å². The maximum Gasteiger partial charge on any atom is 0.182 e. The molecule has 1 aliphatic heterocycles. The molecule has 1 fully saturated rings. The number of nitrogens with zero attached hydrogens (tertiary/aromatic N) is 4. The topological polar surface area (TPSA) is 84.4 Å². The fraction of sp³-hybridized carbons (Fsp3) is 0.222. The maximum atomic E-state index is 10.3. The lowest BCUT2D eigenvalue weighted by molar-refractivity contribution is 0.578. The van der Waals surface area contributed by atoms with Crippen molar-refractivity contribution >= 4 is 27.6 Å². The highest BCUT2D eigenvalue weighted by Crippen LogP contribution is 2.39. The lowest BCUT2D eigenvalue weighted by Crippen LogP contribution is -2.29. The van der Waals surface area contributed by atoms with Gasteiger partial charge in [0.05, 0.1) is 16.6 Å². The molecule has 0 radical (unpaired) electrons. The quantitative estimate of drug-likeness (QED) is 0.369. The standard InChI is InChI=1S/C27H24N6/c1-17-24-25(18-9-11-19(12-10-18)33-13-5-2-6-14-33)21(15-28)26(30-27(24)32-31-17)22-16-29-23-8-4-3-7-20(22)23/h3-4,7-12,16,29H,2,5-6,13-14H2,1H3,(H,30,31,32). The molecule has 0 saturated carbocycles. The molecule has 4 heterocycles. The summed E-state index contributed by atoms with van der Waals surface area (Å²) in [5.74, 6) is 0.